The zero-order chi connectivity index (χ0) is 26.8. The molecule has 1 aliphatic carbocycles. The molecule has 0 radical (unpaired) electrons. The summed E-state index contributed by atoms with van der Waals surface area (Å²) in [5.74, 6) is -2.28. The van der Waals surface area contributed by atoms with Crippen molar-refractivity contribution in [3.05, 3.63) is 34.9 Å². The summed E-state index contributed by atoms with van der Waals surface area (Å²) in [6.45, 7) is 0.898. The Balaban J connectivity index is 2.14. The number of aliphatic hydroxyl groups excluding tert-OH is 3. The first kappa shape index (κ1) is 27.8. The molecule has 1 aliphatic heterocycles. The van der Waals surface area contributed by atoms with Crippen LogP contribution in [0.1, 0.15) is 37.3 Å². The van der Waals surface area contributed by atoms with Crippen LogP contribution in [0.3, 0.4) is 0 Å². The molecule has 200 valence electrons. The first-order chi connectivity index (χ1) is 16.9. The molecule has 4 atom stereocenters. The monoisotopic (exact) mass is 516 g/mol. The molecule has 12 heteroatoms. The number of amides is 2. The van der Waals surface area contributed by atoms with Crippen LogP contribution in [0.4, 0.5) is 13.2 Å². The molecule has 0 saturated carbocycles. The number of halogens is 3. The number of carbonyl (C=O) groups is 2. The number of benzene rings is 1. The van der Waals surface area contributed by atoms with Crippen LogP contribution in [0.25, 0.3) is 0 Å². The lowest BCUT2D eigenvalue weighted by atomic mass is 9.77. The van der Waals surface area contributed by atoms with Gasteiger partial charge in [-0.3, -0.25) is 9.59 Å². The van der Waals surface area contributed by atoms with Gasteiger partial charge < -0.3 is 35.0 Å². The van der Waals surface area contributed by atoms with Crippen molar-refractivity contribution in [2.45, 2.75) is 57.2 Å². The maximum absolute atomic E-state index is 13.5. The fourth-order valence-corrected chi connectivity index (χ4v) is 4.64. The van der Waals surface area contributed by atoms with E-state index in [1.807, 2.05) is 0 Å². The van der Waals surface area contributed by atoms with Crippen LogP contribution >= 0.6 is 0 Å². The molecular formula is C24H31F3N2O7. The van der Waals surface area contributed by atoms with Gasteiger partial charge in [-0.05, 0) is 29.7 Å². The summed E-state index contributed by atoms with van der Waals surface area (Å²) in [5.41, 5.74) is 0.818. The number of methoxy groups -OCH3 is 1. The molecule has 2 amide bonds. The van der Waals surface area contributed by atoms with Gasteiger partial charge in [0, 0.05) is 24.1 Å². The molecule has 1 aromatic carbocycles. The molecule has 0 unspecified atom stereocenters. The number of carbonyl (C=O) groups excluding carboxylic acids is 2. The van der Waals surface area contributed by atoms with Crippen LogP contribution in [0.5, 0.6) is 11.5 Å². The van der Waals surface area contributed by atoms with Crippen molar-refractivity contribution in [2.24, 2.45) is 5.92 Å². The second kappa shape index (κ2) is 11.1. The Morgan fingerprint density at radius 1 is 1.25 bits per heavy atom. The van der Waals surface area contributed by atoms with Crippen molar-refractivity contribution in [3.8, 4) is 11.5 Å². The lowest BCUT2D eigenvalue weighted by Gasteiger charge is -2.41. The minimum atomic E-state index is -4.75. The highest BCUT2D eigenvalue weighted by atomic mass is 19.4. The van der Waals surface area contributed by atoms with E-state index in [0.717, 1.165) is 0 Å². The van der Waals surface area contributed by atoms with Crippen molar-refractivity contribution in [1.82, 2.24) is 10.2 Å². The van der Waals surface area contributed by atoms with Crippen LogP contribution in [0, 0.1) is 5.92 Å². The highest BCUT2D eigenvalue weighted by Gasteiger charge is 2.52. The van der Waals surface area contributed by atoms with E-state index in [-0.39, 0.29) is 49.2 Å². The SMILES string of the molecule is COc1cc(CO)cc2c1O[C@@H]1[C@@H](O)[C@H](N(CC(F)(F)F)C(=O)CC(C)C)C=C(C(=O)NCCO)[C@H]21. The Morgan fingerprint density at radius 3 is 2.50 bits per heavy atom. The molecule has 9 nitrogen and oxygen atoms in total. The molecule has 0 saturated heterocycles. The summed E-state index contributed by atoms with van der Waals surface area (Å²) in [6, 6.07) is 1.57. The lowest BCUT2D eigenvalue weighted by molar-refractivity contribution is -0.170. The summed E-state index contributed by atoms with van der Waals surface area (Å²) >= 11 is 0. The van der Waals surface area contributed by atoms with Gasteiger partial charge in [-0.25, -0.2) is 0 Å². The normalized spacial score (nSPS) is 22.9. The van der Waals surface area contributed by atoms with Gasteiger partial charge in [0.1, 0.15) is 18.8 Å². The molecule has 4 N–H and O–H groups in total. The largest absolute Gasteiger partial charge is 0.493 e. The van der Waals surface area contributed by atoms with E-state index in [1.54, 1.807) is 19.9 Å². The molecule has 0 aromatic heterocycles. The predicted octanol–water partition coefficient (Wildman–Crippen LogP) is 1.25. The standard InChI is InChI=1S/C24H31F3N2O7/c1-12(2)6-18(32)29(11-24(25,26)27)16-9-15(23(34)28-4-5-30)19-14-7-13(10-31)8-17(35-3)21(14)36-22(19)20(16)33/h7-9,12,16,19-20,22,30-31,33H,4-6,10-11H2,1-3H3,(H,28,34)/t16-,19+,20+,22+/m1/s1. The van der Waals surface area contributed by atoms with Crippen molar-refractivity contribution in [1.29, 1.82) is 0 Å². The zero-order valence-corrected chi connectivity index (χ0v) is 20.2. The highest BCUT2D eigenvalue weighted by molar-refractivity contribution is 5.96. The van der Waals surface area contributed by atoms with Crippen molar-refractivity contribution in [3.63, 3.8) is 0 Å². The fourth-order valence-electron chi connectivity index (χ4n) is 4.64. The summed E-state index contributed by atoms with van der Waals surface area (Å²) in [7, 11) is 1.36. The van der Waals surface area contributed by atoms with Crippen LogP contribution in [-0.2, 0) is 16.2 Å². The van der Waals surface area contributed by atoms with Gasteiger partial charge in [0.05, 0.1) is 32.3 Å². The molecule has 2 aliphatic rings. The first-order valence-electron chi connectivity index (χ1n) is 11.5. The van der Waals surface area contributed by atoms with Crippen molar-refractivity contribution < 1.29 is 47.6 Å². The van der Waals surface area contributed by atoms with E-state index in [1.165, 1.54) is 19.3 Å². The van der Waals surface area contributed by atoms with Crippen molar-refractivity contribution in [2.75, 3.05) is 26.8 Å². The molecule has 0 bridgehead atoms. The Labute approximate surface area is 206 Å². The Kier molecular flexibility index (Phi) is 8.52. The maximum atomic E-state index is 13.5. The van der Waals surface area contributed by atoms with Gasteiger partial charge in [-0.1, -0.05) is 13.8 Å². The fraction of sp³-hybridized carbons (Fsp3) is 0.583. The van der Waals surface area contributed by atoms with Crippen LogP contribution in [0.15, 0.2) is 23.8 Å². The number of fused-ring (bicyclic) bond motifs is 3. The predicted molar refractivity (Wildman–Crippen MR) is 121 cm³/mol. The van der Waals surface area contributed by atoms with Crippen LogP contribution in [0.2, 0.25) is 0 Å². The van der Waals surface area contributed by atoms with E-state index >= 15 is 0 Å². The molecule has 1 aromatic rings. The number of nitrogens with one attached hydrogen (secondary N) is 1. The second-order valence-electron chi connectivity index (χ2n) is 9.25. The first-order valence-corrected chi connectivity index (χ1v) is 11.5. The average molecular weight is 517 g/mol. The number of hydrogen-bond donors (Lipinski definition) is 4. The van der Waals surface area contributed by atoms with Gasteiger partial charge in [0.2, 0.25) is 11.8 Å². The minimum absolute atomic E-state index is 0.0239. The molecule has 1 heterocycles. The van der Waals surface area contributed by atoms with E-state index in [4.69, 9.17) is 14.6 Å². The quantitative estimate of drug-likeness (QED) is 0.389. The van der Waals surface area contributed by atoms with Gasteiger partial charge >= 0.3 is 6.18 Å². The second-order valence-corrected chi connectivity index (χ2v) is 9.25. The number of hydrogen-bond acceptors (Lipinski definition) is 7. The van der Waals surface area contributed by atoms with E-state index < -0.39 is 48.7 Å². The van der Waals surface area contributed by atoms with Gasteiger partial charge in [0.25, 0.3) is 0 Å². The molecule has 3 rings (SSSR count). The Bertz CT molecular complexity index is 1010. The van der Waals surface area contributed by atoms with Gasteiger partial charge in [0.15, 0.2) is 11.5 Å². The van der Waals surface area contributed by atoms with E-state index in [9.17, 15) is 33.0 Å². The molecule has 0 spiro atoms. The molecule has 0 fully saturated rings. The number of aliphatic hydroxyl groups is 3. The van der Waals surface area contributed by atoms with Crippen molar-refractivity contribution >= 4 is 11.8 Å². The summed E-state index contributed by atoms with van der Waals surface area (Å²) in [4.78, 5) is 26.5. The van der Waals surface area contributed by atoms with Gasteiger partial charge in [-0.15, -0.1) is 0 Å². The Morgan fingerprint density at radius 2 is 1.94 bits per heavy atom. The third-order valence-electron chi connectivity index (χ3n) is 6.11. The Hall–Kier alpha value is -2.83. The average Bonchev–Trinajstić information content (AvgIpc) is 3.20. The van der Waals surface area contributed by atoms with Crippen LogP contribution in [-0.4, -0.2) is 83.3 Å². The number of alkyl halides is 3. The van der Waals surface area contributed by atoms with Crippen LogP contribution < -0.4 is 14.8 Å². The topological polar surface area (TPSA) is 129 Å². The summed E-state index contributed by atoms with van der Waals surface area (Å²) in [5, 5.41) is 32.5. The smallest absolute Gasteiger partial charge is 0.406 e. The molecular weight excluding hydrogens is 485 g/mol. The minimum Gasteiger partial charge on any atom is -0.493 e. The number of ether oxygens (including phenoxy) is 2. The number of nitrogens with zero attached hydrogens (tertiary/aromatic N) is 1. The van der Waals surface area contributed by atoms with E-state index in [0.29, 0.717) is 16.0 Å². The zero-order valence-electron chi connectivity index (χ0n) is 20.2. The summed E-state index contributed by atoms with van der Waals surface area (Å²) in [6.07, 6.45) is -6.61. The third kappa shape index (κ3) is 5.76. The van der Waals surface area contributed by atoms with E-state index in [2.05, 4.69) is 5.32 Å². The lowest BCUT2D eigenvalue weighted by Crippen LogP contribution is -2.57. The summed E-state index contributed by atoms with van der Waals surface area (Å²) < 4.78 is 51.8. The maximum Gasteiger partial charge on any atom is 0.406 e. The highest BCUT2D eigenvalue weighted by Crippen LogP contribution is 2.51. The van der Waals surface area contributed by atoms with Gasteiger partial charge in [-0.2, -0.15) is 13.2 Å². The third-order valence-corrected chi connectivity index (χ3v) is 6.11. The molecule has 36 heavy (non-hydrogen) atoms. The number of rotatable bonds is 9.